The lowest BCUT2D eigenvalue weighted by molar-refractivity contribution is -0.122. The minimum absolute atomic E-state index is 0.0746. The Morgan fingerprint density at radius 2 is 1.64 bits per heavy atom. The molecule has 3 atom stereocenters. The van der Waals surface area contributed by atoms with Crippen LogP contribution in [0.25, 0.3) is 0 Å². The summed E-state index contributed by atoms with van der Waals surface area (Å²) >= 11 is 0. The highest BCUT2D eigenvalue weighted by Crippen LogP contribution is 2.22. The summed E-state index contributed by atoms with van der Waals surface area (Å²) in [7, 11) is 0. The Bertz CT molecular complexity index is 881. The van der Waals surface area contributed by atoms with E-state index in [1.165, 1.54) is 0 Å². The quantitative estimate of drug-likeness (QED) is 0.612. The van der Waals surface area contributed by atoms with Crippen LogP contribution in [0.3, 0.4) is 0 Å². The minimum Gasteiger partial charge on any atom is -0.381 e. The first-order valence-corrected chi connectivity index (χ1v) is 11.8. The van der Waals surface area contributed by atoms with Crippen LogP contribution in [0.5, 0.6) is 0 Å². The largest absolute Gasteiger partial charge is 0.381 e. The van der Waals surface area contributed by atoms with Crippen molar-refractivity contribution in [1.29, 1.82) is 0 Å². The molecule has 2 heterocycles. The molecule has 2 fully saturated rings. The van der Waals surface area contributed by atoms with Gasteiger partial charge in [-0.3, -0.25) is 14.5 Å². The van der Waals surface area contributed by atoms with E-state index in [1.54, 1.807) is 12.1 Å². The van der Waals surface area contributed by atoms with Crippen molar-refractivity contribution in [3.63, 3.8) is 0 Å². The predicted octanol–water partition coefficient (Wildman–Crippen LogP) is 2.40. The van der Waals surface area contributed by atoms with Gasteiger partial charge in [-0.2, -0.15) is 0 Å². The molecule has 2 aromatic rings. The first kappa shape index (κ1) is 23.4. The SMILES string of the molecule is O=C(C[C@H](NC(=O)c1ccccc1)c1ccccc1)NC[C@@H]([C@H]1CCOC1)N1CCOCC1. The molecule has 2 aromatic carbocycles. The highest BCUT2D eigenvalue weighted by molar-refractivity contribution is 5.94. The normalized spacial score (nSPS) is 20.7. The molecule has 7 heteroatoms. The van der Waals surface area contributed by atoms with Crippen molar-refractivity contribution < 1.29 is 19.1 Å². The number of carbonyl (C=O) groups excluding carboxylic acids is 2. The maximum absolute atomic E-state index is 13.0. The van der Waals surface area contributed by atoms with Gasteiger partial charge in [0.1, 0.15) is 0 Å². The van der Waals surface area contributed by atoms with Crippen LogP contribution in [0.1, 0.15) is 34.8 Å². The first-order chi connectivity index (χ1) is 16.2. The maximum Gasteiger partial charge on any atom is 0.251 e. The molecule has 0 spiro atoms. The van der Waals surface area contributed by atoms with Crippen LogP contribution in [0.4, 0.5) is 0 Å². The van der Waals surface area contributed by atoms with Gasteiger partial charge in [-0.05, 0) is 24.1 Å². The maximum atomic E-state index is 13.0. The number of ether oxygens (including phenoxy) is 2. The third-order valence-electron chi connectivity index (χ3n) is 6.46. The van der Waals surface area contributed by atoms with E-state index in [1.807, 2.05) is 48.5 Å². The fourth-order valence-electron chi connectivity index (χ4n) is 4.60. The van der Waals surface area contributed by atoms with Crippen LogP contribution in [0.2, 0.25) is 0 Å². The van der Waals surface area contributed by atoms with E-state index in [0.29, 0.717) is 18.0 Å². The number of amides is 2. The number of morpholine rings is 1. The number of carbonyl (C=O) groups is 2. The monoisotopic (exact) mass is 451 g/mol. The van der Waals surface area contributed by atoms with E-state index in [0.717, 1.165) is 51.5 Å². The van der Waals surface area contributed by atoms with Gasteiger partial charge in [0.15, 0.2) is 0 Å². The van der Waals surface area contributed by atoms with Gasteiger partial charge in [0.25, 0.3) is 5.91 Å². The molecule has 0 saturated carbocycles. The lowest BCUT2D eigenvalue weighted by Gasteiger charge is -2.37. The minimum atomic E-state index is -0.407. The Kier molecular flexibility index (Phi) is 8.47. The summed E-state index contributed by atoms with van der Waals surface area (Å²) in [5.74, 6) is 0.145. The smallest absolute Gasteiger partial charge is 0.251 e. The third kappa shape index (κ3) is 6.63. The lowest BCUT2D eigenvalue weighted by Crippen LogP contribution is -2.52. The number of benzene rings is 2. The average Bonchev–Trinajstić information content (AvgIpc) is 3.40. The van der Waals surface area contributed by atoms with E-state index in [4.69, 9.17) is 9.47 Å². The molecule has 0 aliphatic carbocycles. The van der Waals surface area contributed by atoms with Crippen LogP contribution in [-0.4, -0.2) is 68.8 Å². The second-order valence-corrected chi connectivity index (χ2v) is 8.65. The van der Waals surface area contributed by atoms with Gasteiger partial charge in [-0.25, -0.2) is 0 Å². The van der Waals surface area contributed by atoms with Crippen molar-refractivity contribution in [2.24, 2.45) is 5.92 Å². The third-order valence-corrected chi connectivity index (χ3v) is 6.46. The van der Waals surface area contributed by atoms with Crippen molar-refractivity contribution in [2.45, 2.75) is 24.9 Å². The van der Waals surface area contributed by atoms with E-state index in [2.05, 4.69) is 15.5 Å². The highest BCUT2D eigenvalue weighted by atomic mass is 16.5. The van der Waals surface area contributed by atoms with Crippen molar-refractivity contribution in [3.05, 3.63) is 71.8 Å². The van der Waals surface area contributed by atoms with E-state index < -0.39 is 6.04 Å². The molecule has 0 bridgehead atoms. The molecule has 2 N–H and O–H groups in total. The lowest BCUT2D eigenvalue weighted by atomic mass is 9.96. The van der Waals surface area contributed by atoms with Gasteiger partial charge in [0, 0.05) is 43.8 Å². The summed E-state index contributed by atoms with van der Waals surface area (Å²) in [5, 5.41) is 6.18. The molecule has 2 saturated heterocycles. The fourth-order valence-corrected chi connectivity index (χ4v) is 4.60. The molecular formula is C26H33N3O4. The number of nitrogens with zero attached hydrogens (tertiary/aromatic N) is 1. The Morgan fingerprint density at radius 3 is 2.30 bits per heavy atom. The second kappa shape index (κ2) is 11.9. The molecule has 0 aromatic heterocycles. The standard InChI is InChI=1S/C26H33N3O4/c30-25(27-18-24(22-11-14-33-19-22)29-12-15-32-16-13-29)17-23(20-7-3-1-4-8-20)28-26(31)21-9-5-2-6-10-21/h1-10,22-24H,11-19H2,(H,27,30)(H,28,31)/t22-,23-,24-/m0/s1. The number of rotatable bonds is 9. The van der Waals surface area contributed by atoms with Crippen LogP contribution in [0.15, 0.2) is 60.7 Å². The van der Waals surface area contributed by atoms with Crippen molar-refractivity contribution in [3.8, 4) is 0 Å². The highest BCUT2D eigenvalue weighted by Gasteiger charge is 2.32. The van der Waals surface area contributed by atoms with Crippen molar-refractivity contribution in [1.82, 2.24) is 15.5 Å². The zero-order chi connectivity index (χ0) is 22.9. The van der Waals surface area contributed by atoms with Crippen LogP contribution in [-0.2, 0) is 14.3 Å². The van der Waals surface area contributed by atoms with Crippen molar-refractivity contribution >= 4 is 11.8 Å². The Balaban J connectivity index is 1.39. The van der Waals surface area contributed by atoms with Crippen LogP contribution in [0, 0.1) is 5.92 Å². The Morgan fingerprint density at radius 1 is 0.939 bits per heavy atom. The molecule has 33 heavy (non-hydrogen) atoms. The van der Waals surface area contributed by atoms with Gasteiger partial charge in [-0.1, -0.05) is 48.5 Å². The molecule has 2 aliphatic rings. The molecular weight excluding hydrogens is 418 g/mol. The molecule has 2 aliphatic heterocycles. The van der Waals surface area contributed by atoms with E-state index in [-0.39, 0.29) is 24.3 Å². The molecule has 7 nitrogen and oxygen atoms in total. The van der Waals surface area contributed by atoms with Gasteiger partial charge >= 0.3 is 0 Å². The number of nitrogens with one attached hydrogen (secondary N) is 2. The summed E-state index contributed by atoms with van der Waals surface area (Å²) in [4.78, 5) is 28.2. The topological polar surface area (TPSA) is 79.9 Å². The Hall–Kier alpha value is -2.74. The van der Waals surface area contributed by atoms with Gasteiger partial charge < -0.3 is 20.1 Å². The van der Waals surface area contributed by atoms with E-state index >= 15 is 0 Å². The fraction of sp³-hybridized carbons (Fsp3) is 0.462. The molecule has 176 valence electrons. The zero-order valence-corrected chi connectivity index (χ0v) is 18.9. The zero-order valence-electron chi connectivity index (χ0n) is 18.9. The number of hydrogen-bond donors (Lipinski definition) is 2. The molecule has 0 radical (unpaired) electrons. The molecule has 2 amide bonds. The Labute approximate surface area is 195 Å². The second-order valence-electron chi connectivity index (χ2n) is 8.65. The van der Waals surface area contributed by atoms with Crippen LogP contribution < -0.4 is 10.6 Å². The summed E-state index contributed by atoms with van der Waals surface area (Å²) in [6, 6.07) is 18.6. The predicted molar refractivity (Wildman–Crippen MR) is 126 cm³/mol. The van der Waals surface area contributed by atoms with Gasteiger partial charge in [0.05, 0.1) is 32.3 Å². The molecule has 4 rings (SSSR count). The van der Waals surface area contributed by atoms with E-state index in [9.17, 15) is 9.59 Å². The van der Waals surface area contributed by atoms with Crippen molar-refractivity contribution in [2.75, 3.05) is 46.1 Å². The van der Waals surface area contributed by atoms with Crippen LogP contribution >= 0.6 is 0 Å². The average molecular weight is 452 g/mol. The van der Waals surface area contributed by atoms with Gasteiger partial charge in [-0.15, -0.1) is 0 Å². The summed E-state index contributed by atoms with van der Waals surface area (Å²) in [6.45, 7) is 5.27. The summed E-state index contributed by atoms with van der Waals surface area (Å²) < 4.78 is 11.1. The summed E-state index contributed by atoms with van der Waals surface area (Å²) in [5.41, 5.74) is 1.48. The molecule has 0 unspecified atom stereocenters. The summed E-state index contributed by atoms with van der Waals surface area (Å²) in [6.07, 6.45) is 1.19. The number of hydrogen-bond acceptors (Lipinski definition) is 5. The van der Waals surface area contributed by atoms with Gasteiger partial charge in [0.2, 0.25) is 5.91 Å². The first-order valence-electron chi connectivity index (χ1n) is 11.8.